The standard InChI is InChI=1S/C40H74O5S/c1-4-6-8-10-12-14-16-18-20-22-24-26-28-30-32-34-36-43-38-40(39-45-46(3,41)42)44-37-35-33-31-29-27-25-23-21-19-17-15-13-11-9-7-5-2/h12-15,18-21,40H,4-11,16-17,22-39H2,1-3H3/b14-12-,15-13-,20-18-,21-19-. The molecule has 1 atom stereocenters. The minimum Gasteiger partial charge on any atom is -0.379 e. The number of allylic oxidation sites excluding steroid dienone is 8. The van der Waals surface area contributed by atoms with Gasteiger partial charge in [0.25, 0.3) is 10.1 Å². The van der Waals surface area contributed by atoms with Gasteiger partial charge in [0.15, 0.2) is 0 Å². The van der Waals surface area contributed by atoms with Crippen molar-refractivity contribution in [2.45, 2.75) is 174 Å². The molecule has 0 bridgehead atoms. The fraction of sp³-hybridized carbons (Fsp3) is 0.800. The van der Waals surface area contributed by atoms with Crippen molar-refractivity contribution in [1.82, 2.24) is 0 Å². The maximum Gasteiger partial charge on any atom is 0.264 e. The number of hydrogen-bond donors (Lipinski definition) is 0. The van der Waals surface area contributed by atoms with E-state index in [1.807, 2.05) is 0 Å². The maximum atomic E-state index is 11.5. The molecule has 0 saturated heterocycles. The summed E-state index contributed by atoms with van der Waals surface area (Å²) in [7, 11) is -3.49. The minimum atomic E-state index is -3.49. The van der Waals surface area contributed by atoms with Crippen molar-refractivity contribution in [1.29, 1.82) is 0 Å². The van der Waals surface area contributed by atoms with Gasteiger partial charge in [-0.3, -0.25) is 4.18 Å². The Morgan fingerprint density at radius 2 is 0.870 bits per heavy atom. The van der Waals surface area contributed by atoms with Crippen LogP contribution >= 0.6 is 0 Å². The van der Waals surface area contributed by atoms with Crippen LogP contribution in [-0.4, -0.2) is 47.2 Å². The van der Waals surface area contributed by atoms with Gasteiger partial charge in [0.1, 0.15) is 6.10 Å². The summed E-state index contributed by atoms with van der Waals surface area (Å²) in [6, 6.07) is 0. The topological polar surface area (TPSA) is 61.8 Å². The average molecular weight is 667 g/mol. The van der Waals surface area contributed by atoms with E-state index in [-0.39, 0.29) is 12.7 Å². The lowest BCUT2D eigenvalue weighted by Gasteiger charge is -2.17. The van der Waals surface area contributed by atoms with Gasteiger partial charge in [-0.2, -0.15) is 8.42 Å². The van der Waals surface area contributed by atoms with E-state index in [1.54, 1.807) is 0 Å². The molecule has 5 nitrogen and oxygen atoms in total. The van der Waals surface area contributed by atoms with Gasteiger partial charge in [0.2, 0.25) is 0 Å². The third-order valence-electron chi connectivity index (χ3n) is 7.96. The Labute approximate surface area is 286 Å². The highest BCUT2D eigenvalue weighted by Crippen LogP contribution is 2.11. The molecule has 0 saturated carbocycles. The third kappa shape index (κ3) is 39.0. The van der Waals surface area contributed by atoms with Crippen LogP contribution in [0.15, 0.2) is 48.6 Å². The molecule has 0 N–H and O–H groups in total. The Bertz CT molecular complexity index is 831. The lowest BCUT2D eigenvalue weighted by atomic mass is 10.1. The lowest BCUT2D eigenvalue weighted by Crippen LogP contribution is -2.27. The van der Waals surface area contributed by atoms with Crippen LogP contribution < -0.4 is 0 Å². The summed E-state index contributed by atoms with van der Waals surface area (Å²) in [5, 5.41) is 0. The van der Waals surface area contributed by atoms with Crippen molar-refractivity contribution < 1.29 is 22.1 Å². The molecule has 0 rings (SSSR count). The summed E-state index contributed by atoms with van der Waals surface area (Å²) in [5.41, 5.74) is 0. The van der Waals surface area contributed by atoms with Crippen LogP contribution in [0.3, 0.4) is 0 Å². The van der Waals surface area contributed by atoms with Crippen molar-refractivity contribution >= 4 is 10.1 Å². The Morgan fingerprint density at radius 3 is 1.30 bits per heavy atom. The third-order valence-corrected chi connectivity index (χ3v) is 8.52. The van der Waals surface area contributed by atoms with E-state index in [9.17, 15) is 8.42 Å². The molecule has 0 aromatic heterocycles. The van der Waals surface area contributed by atoms with Crippen LogP contribution in [0.25, 0.3) is 0 Å². The van der Waals surface area contributed by atoms with E-state index in [0.717, 1.165) is 44.8 Å². The number of hydrogen-bond acceptors (Lipinski definition) is 5. The largest absolute Gasteiger partial charge is 0.379 e. The van der Waals surface area contributed by atoms with Gasteiger partial charge in [0, 0.05) is 13.2 Å². The number of unbranched alkanes of at least 4 members (excludes halogenated alkanes) is 18. The zero-order valence-electron chi connectivity index (χ0n) is 30.4. The number of ether oxygens (including phenoxy) is 2. The summed E-state index contributed by atoms with van der Waals surface area (Å²) >= 11 is 0. The first-order valence-corrected chi connectivity index (χ1v) is 20.9. The van der Waals surface area contributed by atoms with Crippen LogP contribution in [0.4, 0.5) is 0 Å². The Hall–Kier alpha value is -1.21. The summed E-state index contributed by atoms with van der Waals surface area (Å²) in [6.07, 6.45) is 48.3. The molecule has 0 amide bonds. The molecule has 0 aliphatic carbocycles. The van der Waals surface area contributed by atoms with Crippen molar-refractivity contribution in [3.05, 3.63) is 48.6 Å². The Balaban J connectivity index is 3.76. The van der Waals surface area contributed by atoms with Crippen molar-refractivity contribution in [2.75, 3.05) is 32.7 Å². The molecule has 0 aromatic rings. The zero-order valence-corrected chi connectivity index (χ0v) is 31.3. The first kappa shape index (κ1) is 44.8. The van der Waals surface area contributed by atoms with Gasteiger partial charge in [-0.25, -0.2) is 0 Å². The summed E-state index contributed by atoms with van der Waals surface area (Å²) in [6.45, 7) is 6.18. The highest BCUT2D eigenvalue weighted by atomic mass is 32.2. The molecule has 6 heteroatoms. The lowest BCUT2D eigenvalue weighted by molar-refractivity contribution is -0.0377. The van der Waals surface area contributed by atoms with E-state index in [2.05, 4.69) is 62.5 Å². The molecule has 1 unspecified atom stereocenters. The van der Waals surface area contributed by atoms with E-state index >= 15 is 0 Å². The van der Waals surface area contributed by atoms with E-state index in [1.165, 1.54) is 116 Å². The zero-order chi connectivity index (χ0) is 33.7. The van der Waals surface area contributed by atoms with E-state index in [4.69, 9.17) is 13.7 Å². The Morgan fingerprint density at radius 1 is 0.478 bits per heavy atom. The summed E-state index contributed by atoms with van der Waals surface area (Å²) in [5.74, 6) is 0. The van der Waals surface area contributed by atoms with E-state index < -0.39 is 10.1 Å². The van der Waals surface area contributed by atoms with E-state index in [0.29, 0.717) is 19.8 Å². The second-order valence-corrected chi connectivity index (χ2v) is 14.4. The molecule has 0 spiro atoms. The molecule has 0 heterocycles. The normalized spacial score (nSPS) is 13.4. The first-order valence-electron chi connectivity index (χ1n) is 19.1. The number of rotatable bonds is 36. The van der Waals surface area contributed by atoms with Gasteiger partial charge in [0.05, 0.1) is 19.5 Å². The SMILES string of the molecule is CCCCC/C=C\C/C=C\CCCCCCCCOCC(COS(C)(=O)=O)OCCCCCCCC/C=C\C/C=C\CCCCC. The summed E-state index contributed by atoms with van der Waals surface area (Å²) in [4.78, 5) is 0. The molecule has 0 fully saturated rings. The molecular formula is C40H74O5S. The van der Waals surface area contributed by atoms with Crippen LogP contribution in [0.2, 0.25) is 0 Å². The predicted octanol–water partition coefficient (Wildman–Crippen LogP) is 12.0. The average Bonchev–Trinajstić information content (AvgIpc) is 3.03. The monoisotopic (exact) mass is 667 g/mol. The van der Waals surface area contributed by atoms with Gasteiger partial charge in [-0.1, -0.05) is 140 Å². The maximum absolute atomic E-state index is 11.5. The second-order valence-electron chi connectivity index (χ2n) is 12.7. The minimum absolute atomic E-state index is 0.0185. The van der Waals surface area contributed by atoms with Crippen molar-refractivity contribution in [2.24, 2.45) is 0 Å². The molecular weight excluding hydrogens is 593 g/mol. The molecule has 0 aliphatic rings. The van der Waals surface area contributed by atoms with Crippen LogP contribution in [0, 0.1) is 0 Å². The molecule has 0 aromatic carbocycles. The summed E-state index contributed by atoms with van der Waals surface area (Å²) < 4.78 is 39.8. The van der Waals surface area contributed by atoms with Gasteiger partial charge in [-0.05, 0) is 77.0 Å². The predicted molar refractivity (Wildman–Crippen MR) is 200 cm³/mol. The molecule has 0 aliphatic heterocycles. The van der Waals surface area contributed by atoms with Crippen LogP contribution in [0.1, 0.15) is 168 Å². The van der Waals surface area contributed by atoms with Crippen molar-refractivity contribution in [3.8, 4) is 0 Å². The van der Waals surface area contributed by atoms with Crippen LogP contribution in [-0.2, 0) is 23.8 Å². The molecule has 270 valence electrons. The smallest absolute Gasteiger partial charge is 0.264 e. The van der Waals surface area contributed by atoms with Gasteiger partial charge >= 0.3 is 0 Å². The first-order chi connectivity index (χ1) is 22.5. The molecule has 46 heavy (non-hydrogen) atoms. The fourth-order valence-electron chi connectivity index (χ4n) is 5.09. The van der Waals surface area contributed by atoms with Crippen LogP contribution in [0.5, 0.6) is 0 Å². The second kappa shape index (κ2) is 36.6. The quantitative estimate of drug-likeness (QED) is 0.0378. The molecule has 0 radical (unpaired) electrons. The van der Waals surface area contributed by atoms with Gasteiger partial charge in [-0.15, -0.1) is 0 Å². The van der Waals surface area contributed by atoms with Gasteiger partial charge < -0.3 is 9.47 Å². The highest BCUT2D eigenvalue weighted by Gasteiger charge is 2.13. The Kier molecular flexibility index (Phi) is 35.7. The fourth-order valence-corrected chi connectivity index (χ4v) is 5.49. The van der Waals surface area contributed by atoms with Crippen molar-refractivity contribution in [3.63, 3.8) is 0 Å². The highest BCUT2D eigenvalue weighted by molar-refractivity contribution is 7.85.